The summed E-state index contributed by atoms with van der Waals surface area (Å²) in [4.78, 5) is 0. The molecular weight excluding hydrogens is 244 g/mol. The Morgan fingerprint density at radius 1 is 1.00 bits per heavy atom. The molecule has 0 atom stereocenters. The van der Waals surface area contributed by atoms with Crippen LogP contribution in [0.4, 0.5) is 8.78 Å². The summed E-state index contributed by atoms with van der Waals surface area (Å²) in [6.07, 6.45) is 0. The molecule has 0 fully saturated rings. The van der Waals surface area contributed by atoms with Gasteiger partial charge in [-0.25, -0.2) is 8.78 Å². The molecule has 1 nitrogen and oxygen atoms in total. The zero-order valence-electron chi connectivity index (χ0n) is 8.55. The van der Waals surface area contributed by atoms with Crippen LogP contribution >= 0.6 is 11.6 Å². The van der Waals surface area contributed by atoms with Gasteiger partial charge in [-0.3, -0.25) is 0 Å². The van der Waals surface area contributed by atoms with Crippen molar-refractivity contribution in [2.75, 3.05) is 0 Å². The summed E-state index contributed by atoms with van der Waals surface area (Å²) in [7, 11) is 0. The Bertz CT molecular complexity index is 617. The molecule has 2 aromatic carbocycles. The van der Waals surface area contributed by atoms with Gasteiger partial charge in [-0.15, -0.1) is 0 Å². The molecule has 4 heteroatoms. The number of halogens is 3. The maximum Gasteiger partial charge on any atom is 0.125 e. The second kappa shape index (κ2) is 4.52. The highest BCUT2D eigenvalue weighted by Gasteiger charge is 2.08. The minimum atomic E-state index is -0.556. The van der Waals surface area contributed by atoms with Gasteiger partial charge in [0.25, 0.3) is 0 Å². The smallest absolute Gasteiger partial charge is 0.125 e. The van der Waals surface area contributed by atoms with Crippen LogP contribution < -0.4 is 0 Å². The first-order valence-corrected chi connectivity index (χ1v) is 5.14. The summed E-state index contributed by atoms with van der Waals surface area (Å²) in [5.74, 6) is -1.02. The Morgan fingerprint density at radius 2 is 1.76 bits per heavy atom. The van der Waals surface area contributed by atoms with E-state index in [1.807, 2.05) is 6.07 Å². The third-order valence-electron chi connectivity index (χ3n) is 2.27. The normalized spacial score (nSPS) is 10.0. The van der Waals surface area contributed by atoms with Crippen LogP contribution in [0.3, 0.4) is 0 Å². The summed E-state index contributed by atoms with van der Waals surface area (Å²) in [5, 5.41) is 9.04. The molecule has 0 heterocycles. The van der Waals surface area contributed by atoms with Crippen molar-refractivity contribution in [2.45, 2.75) is 0 Å². The van der Waals surface area contributed by atoms with Gasteiger partial charge >= 0.3 is 0 Å². The Balaban J connectivity index is 2.64. The molecule has 0 radical (unpaired) electrons. The van der Waals surface area contributed by atoms with Crippen LogP contribution in [0.15, 0.2) is 36.4 Å². The monoisotopic (exact) mass is 249 g/mol. The third kappa shape index (κ3) is 2.43. The molecule has 0 N–H and O–H groups in total. The topological polar surface area (TPSA) is 23.8 Å². The predicted molar refractivity (Wildman–Crippen MR) is 61.5 cm³/mol. The maximum absolute atomic E-state index is 13.2. The Morgan fingerprint density at radius 3 is 2.47 bits per heavy atom. The molecule has 0 aromatic heterocycles. The first-order valence-electron chi connectivity index (χ1n) is 4.76. The summed E-state index contributed by atoms with van der Waals surface area (Å²) < 4.78 is 26.3. The molecule has 0 unspecified atom stereocenters. The summed E-state index contributed by atoms with van der Waals surface area (Å²) in [6, 6.07) is 9.43. The number of hydrogen-bond donors (Lipinski definition) is 0. The fraction of sp³-hybridized carbons (Fsp3) is 0. The molecule has 2 rings (SSSR count). The van der Waals surface area contributed by atoms with Crippen molar-refractivity contribution in [1.29, 1.82) is 5.26 Å². The van der Waals surface area contributed by atoms with Crippen LogP contribution in [0, 0.1) is 23.0 Å². The van der Waals surface area contributed by atoms with Gasteiger partial charge in [0.1, 0.15) is 11.6 Å². The highest BCUT2D eigenvalue weighted by Crippen LogP contribution is 2.29. The molecule has 0 aliphatic carbocycles. The van der Waals surface area contributed by atoms with E-state index in [4.69, 9.17) is 16.9 Å². The minimum absolute atomic E-state index is 0.167. The highest BCUT2D eigenvalue weighted by atomic mass is 35.5. The number of nitrogens with zero attached hydrogens (tertiary/aromatic N) is 1. The standard InChI is InChI=1S/C13H6ClF2N/c14-13-2-1-10(15)6-12(13)9-3-8(7-17)4-11(16)5-9/h1-6H. The summed E-state index contributed by atoms with van der Waals surface area (Å²) >= 11 is 5.91. The lowest BCUT2D eigenvalue weighted by molar-refractivity contribution is 0.625. The molecule has 0 aliphatic rings. The lowest BCUT2D eigenvalue weighted by atomic mass is 10.0. The van der Waals surface area contributed by atoms with Crippen LogP contribution in [-0.4, -0.2) is 0 Å². The van der Waals surface area contributed by atoms with Crippen molar-refractivity contribution in [2.24, 2.45) is 0 Å². The Labute approximate surface area is 102 Å². The third-order valence-corrected chi connectivity index (χ3v) is 2.60. The van der Waals surface area contributed by atoms with E-state index in [1.165, 1.54) is 30.3 Å². The average molecular weight is 250 g/mol. The minimum Gasteiger partial charge on any atom is -0.207 e. The number of nitriles is 1. The molecule has 0 saturated heterocycles. The fourth-order valence-corrected chi connectivity index (χ4v) is 1.76. The van der Waals surface area contributed by atoms with E-state index in [1.54, 1.807) is 0 Å². The average Bonchev–Trinajstić information content (AvgIpc) is 2.31. The van der Waals surface area contributed by atoms with Crippen molar-refractivity contribution in [3.63, 3.8) is 0 Å². The van der Waals surface area contributed by atoms with E-state index in [-0.39, 0.29) is 5.56 Å². The molecule has 84 valence electrons. The maximum atomic E-state index is 13.2. The van der Waals surface area contributed by atoms with Crippen molar-refractivity contribution < 1.29 is 8.78 Å². The highest BCUT2D eigenvalue weighted by molar-refractivity contribution is 6.33. The van der Waals surface area contributed by atoms with Crippen molar-refractivity contribution >= 4 is 11.6 Å². The van der Waals surface area contributed by atoms with Gasteiger partial charge in [0.15, 0.2) is 0 Å². The van der Waals surface area contributed by atoms with Gasteiger partial charge in [0, 0.05) is 10.6 Å². The first-order chi connectivity index (χ1) is 8.10. The summed E-state index contributed by atoms with van der Waals surface area (Å²) in [5.41, 5.74) is 0.911. The Hall–Kier alpha value is -1.92. The molecule has 2 aromatic rings. The van der Waals surface area contributed by atoms with Gasteiger partial charge in [-0.05, 0) is 42.0 Å². The lowest BCUT2D eigenvalue weighted by Gasteiger charge is -2.05. The van der Waals surface area contributed by atoms with Crippen LogP contribution in [0.25, 0.3) is 11.1 Å². The predicted octanol–water partition coefficient (Wildman–Crippen LogP) is 4.16. The van der Waals surface area contributed by atoms with Crippen molar-refractivity contribution in [3.05, 3.63) is 58.6 Å². The molecule has 0 amide bonds. The van der Waals surface area contributed by atoms with E-state index < -0.39 is 11.6 Å². The fourth-order valence-electron chi connectivity index (χ4n) is 1.53. The number of benzene rings is 2. The van der Waals surface area contributed by atoms with E-state index in [0.717, 1.165) is 6.07 Å². The molecule has 0 saturated carbocycles. The Kier molecular flexibility index (Phi) is 3.08. The van der Waals surface area contributed by atoms with Crippen LogP contribution in [-0.2, 0) is 0 Å². The van der Waals surface area contributed by atoms with E-state index in [2.05, 4.69) is 0 Å². The van der Waals surface area contributed by atoms with Gasteiger partial charge in [0.05, 0.1) is 11.6 Å². The van der Waals surface area contributed by atoms with Crippen molar-refractivity contribution in [1.82, 2.24) is 0 Å². The SMILES string of the molecule is N#Cc1cc(F)cc(-c2cc(F)ccc2Cl)c1. The second-order valence-electron chi connectivity index (χ2n) is 3.46. The van der Waals surface area contributed by atoms with Gasteiger partial charge < -0.3 is 0 Å². The lowest BCUT2D eigenvalue weighted by Crippen LogP contribution is -1.86. The largest absolute Gasteiger partial charge is 0.207 e. The zero-order chi connectivity index (χ0) is 12.4. The molecule has 0 spiro atoms. The molecule has 0 bridgehead atoms. The van der Waals surface area contributed by atoms with Crippen LogP contribution in [0.1, 0.15) is 5.56 Å². The molecule has 17 heavy (non-hydrogen) atoms. The quantitative estimate of drug-likeness (QED) is 0.745. The van der Waals surface area contributed by atoms with E-state index in [0.29, 0.717) is 16.1 Å². The number of rotatable bonds is 1. The van der Waals surface area contributed by atoms with Crippen molar-refractivity contribution in [3.8, 4) is 17.2 Å². The molecular formula is C13H6ClF2N. The number of hydrogen-bond acceptors (Lipinski definition) is 1. The second-order valence-corrected chi connectivity index (χ2v) is 3.87. The first kappa shape index (κ1) is 11.6. The van der Waals surface area contributed by atoms with Crippen LogP contribution in [0.2, 0.25) is 5.02 Å². The van der Waals surface area contributed by atoms with Gasteiger partial charge in [-0.2, -0.15) is 5.26 Å². The van der Waals surface area contributed by atoms with E-state index in [9.17, 15) is 8.78 Å². The zero-order valence-corrected chi connectivity index (χ0v) is 9.30. The van der Waals surface area contributed by atoms with Crippen LogP contribution in [0.5, 0.6) is 0 Å². The summed E-state index contributed by atoms with van der Waals surface area (Å²) in [6.45, 7) is 0. The molecule has 0 aliphatic heterocycles. The van der Waals surface area contributed by atoms with Gasteiger partial charge in [0.2, 0.25) is 0 Å². The van der Waals surface area contributed by atoms with Gasteiger partial charge in [-0.1, -0.05) is 11.6 Å². The van der Waals surface area contributed by atoms with E-state index >= 15 is 0 Å².